The molecule has 0 unspecified atom stereocenters. The number of hydrogen-bond donors (Lipinski definition) is 2. The molecule has 0 spiro atoms. The summed E-state index contributed by atoms with van der Waals surface area (Å²) >= 11 is 0. The Labute approximate surface area is 111 Å². The van der Waals surface area contributed by atoms with Gasteiger partial charge in [-0.15, -0.1) is 24.8 Å². The van der Waals surface area contributed by atoms with E-state index in [-0.39, 0.29) is 24.8 Å². The Hall–Kier alpha value is -0.860. The molecule has 2 N–H and O–H groups in total. The maximum atomic E-state index is 3.58. The van der Waals surface area contributed by atoms with Crippen LogP contribution in [0.4, 0.5) is 0 Å². The zero-order valence-electron chi connectivity index (χ0n) is 9.52. The minimum Gasteiger partial charge on any atom is -0.391 e. The van der Waals surface area contributed by atoms with E-state index in [9.17, 15) is 0 Å². The fraction of sp³-hybridized carbons (Fsp3) is 0.333. The number of hydrogen-bond acceptors (Lipinski definition) is 2. The summed E-state index contributed by atoms with van der Waals surface area (Å²) in [5, 5.41) is 6.35. The molecule has 0 amide bonds. The second-order valence-electron chi connectivity index (χ2n) is 2.80. The monoisotopic (exact) mass is 264 g/mol. The smallest absolute Gasteiger partial charge is 0.0142 e. The first-order valence-corrected chi connectivity index (χ1v) is 4.93. The normalized spacial score (nSPS) is 9.25. The number of unbranched alkanes of at least 4 members (excludes halogenated alkanes) is 1. The van der Waals surface area contributed by atoms with Gasteiger partial charge in [0, 0.05) is 13.1 Å². The molecule has 0 saturated heterocycles. The molecule has 4 heteroatoms. The number of nitrogens with one attached hydrogen (secondary N) is 2. The zero-order chi connectivity index (χ0) is 10.5. The molecule has 0 fully saturated rings. The van der Waals surface area contributed by atoms with Crippen LogP contribution in [-0.2, 0) is 0 Å². The predicted molar refractivity (Wildman–Crippen MR) is 78.4 cm³/mol. The van der Waals surface area contributed by atoms with Gasteiger partial charge in [-0.2, -0.15) is 0 Å². The lowest BCUT2D eigenvalue weighted by Crippen LogP contribution is -2.11. The second-order valence-corrected chi connectivity index (χ2v) is 2.80. The van der Waals surface area contributed by atoms with Gasteiger partial charge in [-0.25, -0.2) is 0 Å². The largest absolute Gasteiger partial charge is 0.391 e. The number of halogens is 2. The first kappa shape index (κ1) is 20.5. The molecule has 94 valence electrons. The Bertz CT molecular complexity index is 179. The molecule has 0 bridgehead atoms. The van der Waals surface area contributed by atoms with Crippen molar-refractivity contribution in [3.63, 3.8) is 0 Å². The highest BCUT2D eigenvalue weighted by Crippen LogP contribution is 1.84. The van der Waals surface area contributed by atoms with Crippen molar-refractivity contribution in [3.05, 3.63) is 49.9 Å². The Balaban J connectivity index is -0.000000845. The Kier molecular flexibility index (Phi) is 25.3. The topological polar surface area (TPSA) is 24.1 Å². The molecule has 0 aliphatic rings. The molecule has 0 aromatic carbocycles. The summed E-state index contributed by atoms with van der Waals surface area (Å²) in [5.74, 6) is 0. The second kappa shape index (κ2) is 19.7. The van der Waals surface area contributed by atoms with Gasteiger partial charge >= 0.3 is 0 Å². The highest BCUT2D eigenvalue weighted by atomic mass is 35.5. The highest BCUT2D eigenvalue weighted by molar-refractivity contribution is 5.85. The quantitative estimate of drug-likeness (QED) is 0.494. The molecule has 0 aliphatic heterocycles. The molecule has 0 atom stereocenters. The minimum absolute atomic E-state index is 0. The molecule has 0 aliphatic carbocycles. The van der Waals surface area contributed by atoms with Crippen LogP contribution in [0.5, 0.6) is 0 Å². The molecule has 0 aromatic rings. The van der Waals surface area contributed by atoms with Crippen LogP contribution in [0.15, 0.2) is 49.9 Å². The maximum absolute atomic E-state index is 3.58. The third-order valence-corrected chi connectivity index (χ3v) is 1.59. The van der Waals surface area contributed by atoms with Gasteiger partial charge < -0.3 is 10.6 Å². The zero-order valence-corrected chi connectivity index (χ0v) is 11.2. The van der Waals surface area contributed by atoms with Crippen molar-refractivity contribution >= 4 is 24.8 Å². The predicted octanol–water partition coefficient (Wildman–Crippen LogP) is 3.19. The van der Waals surface area contributed by atoms with Crippen molar-refractivity contribution in [2.45, 2.75) is 12.8 Å². The molecule has 0 radical (unpaired) electrons. The third-order valence-electron chi connectivity index (χ3n) is 1.59. The summed E-state index contributed by atoms with van der Waals surface area (Å²) in [6.07, 6.45) is 13.5. The van der Waals surface area contributed by atoms with E-state index in [0.29, 0.717) is 0 Å². The summed E-state index contributed by atoms with van der Waals surface area (Å²) in [5.41, 5.74) is 0. The van der Waals surface area contributed by atoms with E-state index in [1.807, 2.05) is 24.6 Å². The van der Waals surface area contributed by atoms with E-state index in [1.54, 1.807) is 12.2 Å². The fourth-order valence-electron chi connectivity index (χ4n) is 0.893. The van der Waals surface area contributed by atoms with Crippen LogP contribution in [0.25, 0.3) is 0 Å². The molecule has 0 rings (SSSR count). The Morgan fingerprint density at radius 2 is 1.12 bits per heavy atom. The van der Waals surface area contributed by atoms with Crippen LogP contribution < -0.4 is 10.6 Å². The van der Waals surface area contributed by atoms with Crippen LogP contribution in [0.2, 0.25) is 0 Å². The van der Waals surface area contributed by atoms with Gasteiger partial charge in [0.05, 0.1) is 0 Å². The molecule has 0 saturated carbocycles. The van der Waals surface area contributed by atoms with E-state index >= 15 is 0 Å². The van der Waals surface area contributed by atoms with Crippen LogP contribution >= 0.6 is 24.8 Å². The standard InChI is InChI=1S/C12H20N2.2ClH/c1-3-5-9-13-11-7-8-12-14-10-6-4-2;;/h3-6,9-10,13-14H,1-2,7-8,11-12H2;2*1H/b9-5+,10-6+;;. The van der Waals surface area contributed by atoms with Gasteiger partial charge in [-0.05, 0) is 37.4 Å². The van der Waals surface area contributed by atoms with Gasteiger partial charge in [0.25, 0.3) is 0 Å². The Morgan fingerprint density at radius 1 is 0.750 bits per heavy atom. The third kappa shape index (κ3) is 18.8. The number of rotatable bonds is 9. The van der Waals surface area contributed by atoms with Gasteiger partial charge in [0.1, 0.15) is 0 Å². The van der Waals surface area contributed by atoms with Gasteiger partial charge in [0.2, 0.25) is 0 Å². The van der Waals surface area contributed by atoms with Crippen molar-refractivity contribution in [2.75, 3.05) is 13.1 Å². The van der Waals surface area contributed by atoms with Gasteiger partial charge in [0.15, 0.2) is 0 Å². The highest BCUT2D eigenvalue weighted by Gasteiger charge is 1.84. The van der Waals surface area contributed by atoms with Crippen molar-refractivity contribution < 1.29 is 0 Å². The summed E-state index contributed by atoms with van der Waals surface area (Å²) < 4.78 is 0. The molecule has 0 heterocycles. The summed E-state index contributed by atoms with van der Waals surface area (Å²) in [4.78, 5) is 0. The Morgan fingerprint density at radius 3 is 1.44 bits per heavy atom. The first-order valence-electron chi connectivity index (χ1n) is 4.93. The molecular weight excluding hydrogens is 243 g/mol. The van der Waals surface area contributed by atoms with Crippen molar-refractivity contribution in [1.29, 1.82) is 0 Å². The average molecular weight is 265 g/mol. The minimum atomic E-state index is 0. The lowest BCUT2D eigenvalue weighted by molar-refractivity contribution is 0.669. The lowest BCUT2D eigenvalue weighted by Gasteiger charge is -2.01. The summed E-state index contributed by atoms with van der Waals surface area (Å²) in [7, 11) is 0. The lowest BCUT2D eigenvalue weighted by atomic mass is 10.3. The van der Waals surface area contributed by atoms with Crippen molar-refractivity contribution in [2.24, 2.45) is 0 Å². The molecule has 16 heavy (non-hydrogen) atoms. The van der Waals surface area contributed by atoms with Crippen LogP contribution in [0.1, 0.15) is 12.8 Å². The van der Waals surface area contributed by atoms with E-state index in [2.05, 4.69) is 23.8 Å². The van der Waals surface area contributed by atoms with Crippen LogP contribution in [0.3, 0.4) is 0 Å². The van der Waals surface area contributed by atoms with E-state index in [4.69, 9.17) is 0 Å². The van der Waals surface area contributed by atoms with E-state index in [1.165, 1.54) is 0 Å². The molecule has 0 aromatic heterocycles. The molecule has 2 nitrogen and oxygen atoms in total. The molecular formula is C12H22Cl2N2. The number of allylic oxidation sites excluding steroid dienone is 4. The fourth-order valence-corrected chi connectivity index (χ4v) is 0.893. The van der Waals surface area contributed by atoms with Crippen molar-refractivity contribution in [3.8, 4) is 0 Å². The SMILES string of the molecule is C=C/C=C/NCCCCN/C=C/C=C.Cl.Cl. The van der Waals surface area contributed by atoms with Gasteiger partial charge in [-0.3, -0.25) is 0 Å². The van der Waals surface area contributed by atoms with Gasteiger partial charge in [-0.1, -0.05) is 25.3 Å². The van der Waals surface area contributed by atoms with Crippen LogP contribution in [0, 0.1) is 0 Å². The van der Waals surface area contributed by atoms with E-state index in [0.717, 1.165) is 25.9 Å². The maximum Gasteiger partial charge on any atom is 0.0142 e. The van der Waals surface area contributed by atoms with Crippen LogP contribution in [-0.4, -0.2) is 13.1 Å². The van der Waals surface area contributed by atoms with Crippen molar-refractivity contribution in [1.82, 2.24) is 10.6 Å². The summed E-state index contributed by atoms with van der Waals surface area (Å²) in [6.45, 7) is 9.19. The first-order chi connectivity index (χ1) is 6.91. The van der Waals surface area contributed by atoms with E-state index < -0.39 is 0 Å². The summed E-state index contributed by atoms with van der Waals surface area (Å²) in [6, 6.07) is 0. The average Bonchev–Trinajstić information content (AvgIpc) is 2.21.